The van der Waals surface area contributed by atoms with E-state index in [0.717, 1.165) is 43.9 Å². The molecule has 3 amide bonds. The lowest BCUT2D eigenvalue weighted by Gasteiger charge is -2.21. The minimum Gasteiger partial charge on any atom is -0.494 e. The van der Waals surface area contributed by atoms with Crippen LogP contribution in [0.2, 0.25) is 0 Å². The van der Waals surface area contributed by atoms with Gasteiger partial charge in [0.25, 0.3) is 0 Å². The van der Waals surface area contributed by atoms with Crippen LogP contribution in [0.3, 0.4) is 0 Å². The van der Waals surface area contributed by atoms with Crippen LogP contribution < -0.4 is 15.0 Å². The average Bonchev–Trinajstić information content (AvgIpc) is 3.06. The zero-order valence-corrected chi connectivity index (χ0v) is 18.3. The van der Waals surface area contributed by atoms with Crippen molar-refractivity contribution in [3.05, 3.63) is 24.3 Å². The Hall–Kier alpha value is -2.28. The first-order valence-corrected chi connectivity index (χ1v) is 10.8. The van der Waals surface area contributed by atoms with E-state index in [1.807, 2.05) is 38.1 Å². The van der Waals surface area contributed by atoms with Gasteiger partial charge in [0.05, 0.1) is 6.61 Å². The first-order chi connectivity index (χ1) is 14.0. The summed E-state index contributed by atoms with van der Waals surface area (Å²) in [7, 11) is 0. The highest BCUT2D eigenvalue weighted by atomic mass is 16.5. The highest BCUT2D eigenvalue weighted by Gasteiger charge is 2.31. The van der Waals surface area contributed by atoms with E-state index >= 15 is 0 Å². The maximum absolute atomic E-state index is 12.7. The number of anilines is 1. The van der Waals surface area contributed by atoms with Gasteiger partial charge in [-0.15, -0.1) is 0 Å². The van der Waals surface area contributed by atoms with Gasteiger partial charge in [0.1, 0.15) is 12.3 Å². The van der Waals surface area contributed by atoms with Crippen molar-refractivity contribution >= 4 is 17.6 Å². The SMILES string of the molecule is CCOc1ccc(N2CCN(CC(=O)NC(C)CCCN(CC)CC)C2=O)cc1. The Labute approximate surface area is 175 Å². The van der Waals surface area contributed by atoms with Crippen LogP contribution in [0.5, 0.6) is 5.75 Å². The summed E-state index contributed by atoms with van der Waals surface area (Å²) in [6.45, 7) is 13.3. The highest BCUT2D eigenvalue weighted by Crippen LogP contribution is 2.23. The highest BCUT2D eigenvalue weighted by molar-refractivity contribution is 5.96. The van der Waals surface area contributed by atoms with Crippen LogP contribution >= 0.6 is 0 Å². The molecule has 0 bridgehead atoms. The fraction of sp³-hybridized carbons (Fsp3) is 0.636. The Morgan fingerprint density at radius 1 is 1.17 bits per heavy atom. The molecule has 1 aliphatic rings. The summed E-state index contributed by atoms with van der Waals surface area (Å²) in [5, 5.41) is 3.03. The first-order valence-electron chi connectivity index (χ1n) is 10.8. The van der Waals surface area contributed by atoms with Gasteiger partial charge in [-0.3, -0.25) is 9.69 Å². The third kappa shape index (κ3) is 6.92. The van der Waals surface area contributed by atoms with E-state index < -0.39 is 0 Å². The average molecular weight is 405 g/mol. The van der Waals surface area contributed by atoms with Gasteiger partial charge < -0.3 is 19.9 Å². The topological polar surface area (TPSA) is 65.1 Å². The van der Waals surface area contributed by atoms with Crippen molar-refractivity contribution in [2.75, 3.05) is 50.8 Å². The molecule has 7 heteroatoms. The zero-order valence-electron chi connectivity index (χ0n) is 18.3. The predicted octanol–water partition coefficient (Wildman–Crippen LogP) is 2.95. The van der Waals surface area contributed by atoms with Crippen molar-refractivity contribution in [3.8, 4) is 5.75 Å². The molecule has 0 aliphatic carbocycles. The number of urea groups is 1. The first kappa shape index (κ1) is 23.0. The monoisotopic (exact) mass is 404 g/mol. The number of nitrogens with zero attached hydrogens (tertiary/aromatic N) is 3. The van der Waals surface area contributed by atoms with E-state index in [2.05, 4.69) is 24.1 Å². The van der Waals surface area contributed by atoms with Crippen molar-refractivity contribution in [1.82, 2.24) is 15.1 Å². The Bertz CT molecular complexity index is 646. The van der Waals surface area contributed by atoms with Crippen molar-refractivity contribution in [2.45, 2.75) is 46.6 Å². The summed E-state index contributed by atoms with van der Waals surface area (Å²) in [5.41, 5.74) is 0.825. The molecule has 1 aliphatic heterocycles. The Balaban J connectivity index is 1.77. The van der Waals surface area contributed by atoms with Crippen LogP contribution in [-0.4, -0.2) is 73.7 Å². The lowest BCUT2D eigenvalue weighted by atomic mass is 10.1. The number of rotatable bonds is 12. The number of hydrogen-bond acceptors (Lipinski definition) is 4. The quantitative estimate of drug-likeness (QED) is 0.582. The summed E-state index contributed by atoms with van der Waals surface area (Å²) in [6, 6.07) is 7.47. The molecule has 2 rings (SSSR count). The summed E-state index contributed by atoms with van der Waals surface area (Å²) in [5.74, 6) is 0.691. The smallest absolute Gasteiger partial charge is 0.325 e. The summed E-state index contributed by atoms with van der Waals surface area (Å²) in [6.07, 6.45) is 1.99. The number of nitrogens with one attached hydrogen (secondary N) is 1. The molecule has 1 aromatic carbocycles. The van der Waals surface area contributed by atoms with Crippen LogP contribution in [0.15, 0.2) is 24.3 Å². The van der Waals surface area contributed by atoms with Gasteiger partial charge in [-0.1, -0.05) is 13.8 Å². The zero-order chi connectivity index (χ0) is 21.2. The second-order valence-electron chi connectivity index (χ2n) is 7.42. The molecule has 1 atom stereocenters. The van der Waals surface area contributed by atoms with Crippen LogP contribution in [0.25, 0.3) is 0 Å². The third-order valence-electron chi connectivity index (χ3n) is 5.30. The van der Waals surface area contributed by atoms with Crippen molar-refractivity contribution < 1.29 is 14.3 Å². The number of benzene rings is 1. The number of hydrogen-bond donors (Lipinski definition) is 1. The van der Waals surface area contributed by atoms with Gasteiger partial charge in [-0.25, -0.2) is 4.79 Å². The molecule has 7 nitrogen and oxygen atoms in total. The molecule has 1 N–H and O–H groups in total. The molecule has 0 saturated carbocycles. The summed E-state index contributed by atoms with van der Waals surface area (Å²) in [4.78, 5) is 30.8. The molecule has 1 aromatic rings. The van der Waals surface area contributed by atoms with Gasteiger partial charge in [0.2, 0.25) is 5.91 Å². The molecule has 0 spiro atoms. The standard InChI is InChI=1S/C22H36N4O3/c1-5-24(6-2)14-8-9-18(4)23-21(27)17-25-15-16-26(22(25)28)19-10-12-20(13-11-19)29-7-3/h10-13,18H,5-9,14-17H2,1-4H3,(H,23,27). The van der Waals surface area contributed by atoms with E-state index in [0.29, 0.717) is 19.7 Å². The van der Waals surface area contributed by atoms with Crippen LogP contribution in [0.4, 0.5) is 10.5 Å². The number of carbonyl (C=O) groups excluding carboxylic acids is 2. The van der Waals surface area contributed by atoms with Gasteiger partial charge in [0, 0.05) is 24.8 Å². The molecule has 1 fully saturated rings. The third-order valence-corrected chi connectivity index (χ3v) is 5.30. The minimum absolute atomic E-state index is 0.0952. The van der Waals surface area contributed by atoms with Gasteiger partial charge >= 0.3 is 6.03 Å². The lowest BCUT2D eigenvalue weighted by Crippen LogP contribution is -2.43. The number of amides is 3. The van der Waals surface area contributed by atoms with Crippen molar-refractivity contribution in [2.24, 2.45) is 0 Å². The van der Waals surface area contributed by atoms with Crippen molar-refractivity contribution in [3.63, 3.8) is 0 Å². The van der Waals surface area contributed by atoms with E-state index in [1.54, 1.807) is 9.80 Å². The largest absolute Gasteiger partial charge is 0.494 e. The Kier molecular flexibility index (Phi) is 9.25. The number of carbonyl (C=O) groups is 2. The van der Waals surface area contributed by atoms with E-state index in [4.69, 9.17) is 4.74 Å². The fourth-order valence-electron chi connectivity index (χ4n) is 3.58. The maximum atomic E-state index is 12.7. The Morgan fingerprint density at radius 2 is 1.86 bits per heavy atom. The summed E-state index contributed by atoms with van der Waals surface area (Å²) >= 11 is 0. The second-order valence-corrected chi connectivity index (χ2v) is 7.42. The van der Waals surface area contributed by atoms with Gasteiger partial charge in [-0.05, 0) is 70.6 Å². The molecule has 0 radical (unpaired) electrons. The minimum atomic E-state index is -0.126. The van der Waals surface area contributed by atoms with Crippen molar-refractivity contribution in [1.29, 1.82) is 0 Å². The number of ether oxygens (including phenoxy) is 1. The molecular formula is C22H36N4O3. The summed E-state index contributed by atoms with van der Waals surface area (Å²) < 4.78 is 5.45. The molecule has 1 unspecified atom stereocenters. The molecule has 1 heterocycles. The second kappa shape index (κ2) is 11.7. The molecule has 1 saturated heterocycles. The van der Waals surface area contributed by atoms with Crippen LogP contribution in [0, 0.1) is 0 Å². The van der Waals surface area contributed by atoms with Crippen LogP contribution in [-0.2, 0) is 4.79 Å². The normalized spacial score (nSPS) is 15.1. The molecule has 162 valence electrons. The van der Waals surface area contributed by atoms with Crippen LogP contribution in [0.1, 0.15) is 40.5 Å². The fourth-order valence-corrected chi connectivity index (χ4v) is 3.58. The Morgan fingerprint density at radius 3 is 2.48 bits per heavy atom. The van der Waals surface area contributed by atoms with E-state index in [-0.39, 0.29) is 24.5 Å². The van der Waals surface area contributed by atoms with E-state index in [1.165, 1.54) is 0 Å². The van der Waals surface area contributed by atoms with E-state index in [9.17, 15) is 9.59 Å². The molecule has 29 heavy (non-hydrogen) atoms. The predicted molar refractivity (Wildman–Crippen MR) is 117 cm³/mol. The lowest BCUT2D eigenvalue weighted by molar-refractivity contribution is -0.122. The van der Waals surface area contributed by atoms with Gasteiger partial charge in [0.15, 0.2) is 0 Å². The molecular weight excluding hydrogens is 368 g/mol. The van der Waals surface area contributed by atoms with Gasteiger partial charge in [-0.2, -0.15) is 0 Å². The molecule has 0 aromatic heterocycles. The maximum Gasteiger partial charge on any atom is 0.325 e.